The summed E-state index contributed by atoms with van der Waals surface area (Å²) >= 11 is 0. The molecule has 0 aliphatic carbocycles. The van der Waals surface area contributed by atoms with Gasteiger partial charge in [0.25, 0.3) is 5.91 Å². The number of pyridine rings is 1. The third kappa shape index (κ3) is 7.53. The quantitative estimate of drug-likeness (QED) is 0.389. The number of anilines is 2. The third-order valence-corrected chi connectivity index (χ3v) is 6.00. The lowest BCUT2D eigenvalue weighted by Gasteiger charge is -2.23. The fourth-order valence-electron chi connectivity index (χ4n) is 4.10. The van der Waals surface area contributed by atoms with Gasteiger partial charge in [-0.25, -0.2) is 0 Å². The Morgan fingerprint density at radius 3 is 2.40 bits per heavy atom. The smallest absolute Gasteiger partial charge is 0.255 e. The molecule has 7 nitrogen and oxygen atoms in total. The van der Waals surface area contributed by atoms with E-state index in [0.717, 1.165) is 54.0 Å². The number of rotatable bonds is 12. The van der Waals surface area contributed by atoms with Crippen molar-refractivity contribution in [2.75, 3.05) is 58.0 Å². The van der Waals surface area contributed by atoms with Gasteiger partial charge in [0.05, 0.1) is 16.9 Å². The SMILES string of the molecule is CN(C)CCCN(C)c1ccc(-c2cccc(CN(CCCN)C(=O)c3cccnc3)c2)cc1N. The monoisotopic (exact) mass is 474 g/mol. The number of nitrogens with zero attached hydrogens (tertiary/aromatic N) is 4. The summed E-state index contributed by atoms with van der Waals surface area (Å²) in [5.74, 6) is -0.0390. The fourth-order valence-corrected chi connectivity index (χ4v) is 4.10. The summed E-state index contributed by atoms with van der Waals surface area (Å²) < 4.78 is 0. The van der Waals surface area contributed by atoms with Crippen LogP contribution in [0.2, 0.25) is 0 Å². The predicted octanol–water partition coefficient (Wildman–Crippen LogP) is 3.71. The molecule has 0 spiro atoms. The Morgan fingerprint density at radius 2 is 1.71 bits per heavy atom. The molecule has 0 aliphatic rings. The van der Waals surface area contributed by atoms with Crippen LogP contribution in [-0.4, -0.2) is 68.0 Å². The van der Waals surface area contributed by atoms with Gasteiger partial charge < -0.3 is 26.2 Å². The summed E-state index contributed by atoms with van der Waals surface area (Å²) in [6.07, 6.45) is 5.09. The lowest BCUT2D eigenvalue weighted by molar-refractivity contribution is 0.0742. The second-order valence-electron chi connectivity index (χ2n) is 9.16. The molecule has 0 aliphatic heterocycles. The highest BCUT2D eigenvalue weighted by atomic mass is 16.2. The molecule has 0 saturated heterocycles. The van der Waals surface area contributed by atoms with Gasteiger partial charge in [-0.1, -0.05) is 24.3 Å². The molecule has 2 aromatic carbocycles. The molecule has 186 valence electrons. The number of nitrogens with two attached hydrogens (primary N) is 2. The summed E-state index contributed by atoms with van der Waals surface area (Å²) in [4.78, 5) is 23.4. The van der Waals surface area contributed by atoms with Crippen LogP contribution >= 0.6 is 0 Å². The van der Waals surface area contributed by atoms with Gasteiger partial charge in [-0.15, -0.1) is 0 Å². The minimum absolute atomic E-state index is 0.0390. The van der Waals surface area contributed by atoms with Crippen LogP contribution in [0.1, 0.15) is 28.8 Å². The number of nitrogen functional groups attached to an aromatic ring is 1. The number of amides is 1. The number of carbonyl (C=O) groups excluding carboxylic acids is 1. The molecule has 0 fully saturated rings. The van der Waals surface area contributed by atoms with Crippen LogP contribution in [0.15, 0.2) is 67.0 Å². The standard InChI is InChI=1S/C28H38N6O/c1-32(2)15-7-16-33(3)27-12-11-24(19-26(27)30)23-9-4-8-22(18-23)21-34(17-6-13-29)28(35)25-10-5-14-31-20-25/h4-5,8-12,14,18-20H,6-7,13,15-17,21,29-30H2,1-3H3. The van der Waals surface area contributed by atoms with E-state index in [1.165, 1.54) is 0 Å². The van der Waals surface area contributed by atoms with Crippen LogP contribution in [0.25, 0.3) is 11.1 Å². The van der Waals surface area contributed by atoms with Gasteiger partial charge in [0.1, 0.15) is 0 Å². The molecular formula is C28H38N6O. The first kappa shape index (κ1) is 26.2. The van der Waals surface area contributed by atoms with Crippen molar-refractivity contribution in [2.24, 2.45) is 5.73 Å². The van der Waals surface area contributed by atoms with Crippen molar-refractivity contribution in [3.8, 4) is 11.1 Å². The van der Waals surface area contributed by atoms with Gasteiger partial charge in [0.15, 0.2) is 0 Å². The van der Waals surface area contributed by atoms with Crippen LogP contribution in [0.5, 0.6) is 0 Å². The molecule has 7 heteroatoms. The zero-order valence-corrected chi connectivity index (χ0v) is 21.2. The van der Waals surface area contributed by atoms with Gasteiger partial charge in [0, 0.05) is 39.1 Å². The second-order valence-corrected chi connectivity index (χ2v) is 9.16. The minimum Gasteiger partial charge on any atom is -0.397 e. The Labute approximate surface area is 209 Å². The number of hydrogen-bond acceptors (Lipinski definition) is 6. The van der Waals surface area contributed by atoms with Crippen LogP contribution in [0, 0.1) is 0 Å². The molecule has 0 bridgehead atoms. The highest BCUT2D eigenvalue weighted by Crippen LogP contribution is 2.30. The molecule has 0 atom stereocenters. The Kier molecular flexibility index (Phi) is 9.64. The van der Waals surface area contributed by atoms with Gasteiger partial charge in [0.2, 0.25) is 0 Å². The molecule has 3 rings (SSSR count). The minimum atomic E-state index is -0.0390. The van der Waals surface area contributed by atoms with E-state index in [2.05, 4.69) is 60.2 Å². The third-order valence-electron chi connectivity index (χ3n) is 6.00. The molecule has 1 heterocycles. The van der Waals surface area contributed by atoms with Gasteiger partial charge in [-0.05, 0) is 87.0 Å². The molecule has 3 aromatic rings. The first-order valence-corrected chi connectivity index (χ1v) is 12.1. The highest BCUT2D eigenvalue weighted by molar-refractivity contribution is 5.93. The fraction of sp³-hybridized carbons (Fsp3) is 0.357. The van der Waals surface area contributed by atoms with Gasteiger partial charge in [-0.2, -0.15) is 0 Å². The van der Waals surface area contributed by atoms with Crippen molar-refractivity contribution in [3.05, 3.63) is 78.1 Å². The Hall–Kier alpha value is -3.42. The topological polar surface area (TPSA) is 91.7 Å². The molecule has 35 heavy (non-hydrogen) atoms. The van der Waals surface area contributed by atoms with Crippen molar-refractivity contribution in [1.82, 2.24) is 14.8 Å². The van der Waals surface area contributed by atoms with E-state index in [9.17, 15) is 4.79 Å². The normalized spacial score (nSPS) is 11.0. The Morgan fingerprint density at radius 1 is 0.914 bits per heavy atom. The van der Waals surface area contributed by atoms with E-state index >= 15 is 0 Å². The van der Waals surface area contributed by atoms with Gasteiger partial charge in [-0.3, -0.25) is 9.78 Å². The Balaban J connectivity index is 1.76. The lowest BCUT2D eigenvalue weighted by Crippen LogP contribution is -2.32. The molecule has 4 N–H and O–H groups in total. The van der Waals surface area contributed by atoms with E-state index in [1.54, 1.807) is 24.5 Å². The average molecular weight is 475 g/mol. The molecule has 0 radical (unpaired) electrons. The number of hydrogen-bond donors (Lipinski definition) is 2. The summed E-state index contributed by atoms with van der Waals surface area (Å²) in [7, 11) is 6.25. The second kappa shape index (κ2) is 12.9. The molecule has 1 aromatic heterocycles. The Bertz CT molecular complexity index is 1090. The zero-order valence-electron chi connectivity index (χ0n) is 21.2. The predicted molar refractivity (Wildman–Crippen MR) is 145 cm³/mol. The maximum Gasteiger partial charge on any atom is 0.255 e. The summed E-state index contributed by atoms with van der Waals surface area (Å²) in [5, 5.41) is 0. The lowest BCUT2D eigenvalue weighted by atomic mass is 10.0. The largest absolute Gasteiger partial charge is 0.397 e. The summed E-state index contributed by atoms with van der Waals surface area (Å²) in [6, 6.07) is 18.1. The summed E-state index contributed by atoms with van der Waals surface area (Å²) in [5.41, 5.74) is 17.7. The van der Waals surface area contributed by atoms with Crippen LogP contribution in [0.3, 0.4) is 0 Å². The molecule has 0 saturated carbocycles. The van der Waals surface area contributed by atoms with Crippen molar-refractivity contribution < 1.29 is 4.79 Å². The van der Waals surface area contributed by atoms with Crippen LogP contribution < -0.4 is 16.4 Å². The van der Waals surface area contributed by atoms with Crippen molar-refractivity contribution in [2.45, 2.75) is 19.4 Å². The number of benzene rings is 2. The van der Waals surface area contributed by atoms with E-state index < -0.39 is 0 Å². The molecule has 0 unspecified atom stereocenters. The molecule has 1 amide bonds. The van der Waals surface area contributed by atoms with Crippen LogP contribution in [-0.2, 0) is 6.54 Å². The van der Waals surface area contributed by atoms with E-state index in [0.29, 0.717) is 25.2 Å². The zero-order chi connectivity index (χ0) is 25.2. The maximum atomic E-state index is 13.1. The van der Waals surface area contributed by atoms with E-state index in [1.807, 2.05) is 23.1 Å². The first-order chi connectivity index (χ1) is 16.9. The number of carbonyl (C=O) groups is 1. The summed E-state index contributed by atoms with van der Waals surface area (Å²) in [6.45, 7) is 3.62. The van der Waals surface area contributed by atoms with E-state index in [-0.39, 0.29) is 5.91 Å². The van der Waals surface area contributed by atoms with Crippen LogP contribution in [0.4, 0.5) is 11.4 Å². The van der Waals surface area contributed by atoms with Crippen molar-refractivity contribution >= 4 is 17.3 Å². The first-order valence-electron chi connectivity index (χ1n) is 12.1. The van der Waals surface area contributed by atoms with Gasteiger partial charge >= 0.3 is 0 Å². The molecular weight excluding hydrogens is 436 g/mol. The van der Waals surface area contributed by atoms with Crippen molar-refractivity contribution in [3.63, 3.8) is 0 Å². The van der Waals surface area contributed by atoms with Crippen molar-refractivity contribution in [1.29, 1.82) is 0 Å². The van der Waals surface area contributed by atoms with E-state index in [4.69, 9.17) is 11.5 Å². The maximum absolute atomic E-state index is 13.1. The average Bonchev–Trinajstić information content (AvgIpc) is 2.86. The number of aromatic nitrogens is 1. The highest BCUT2D eigenvalue weighted by Gasteiger charge is 2.16.